The molecule has 96 valence electrons. The molecule has 5 nitrogen and oxygen atoms in total. The molecule has 2 aliphatic heterocycles. The van der Waals surface area contributed by atoms with Gasteiger partial charge in [-0.1, -0.05) is 0 Å². The molecule has 3 rings (SSSR count). The van der Waals surface area contributed by atoms with Crippen molar-refractivity contribution in [1.82, 2.24) is 15.3 Å². The molecule has 18 heavy (non-hydrogen) atoms. The highest BCUT2D eigenvalue weighted by molar-refractivity contribution is 5.97. The summed E-state index contributed by atoms with van der Waals surface area (Å²) in [5, 5.41) is 3.54. The van der Waals surface area contributed by atoms with Gasteiger partial charge in [-0.25, -0.2) is 9.97 Å². The van der Waals surface area contributed by atoms with Gasteiger partial charge in [0.25, 0.3) is 0 Å². The van der Waals surface area contributed by atoms with Crippen LogP contribution in [0.1, 0.15) is 36.0 Å². The monoisotopic (exact) mass is 247 g/mol. The van der Waals surface area contributed by atoms with E-state index >= 15 is 0 Å². The zero-order chi connectivity index (χ0) is 12.5. The van der Waals surface area contributed by atoms with Gasteiger partial charge >= 0.3 is 6.01 Å². The Balaban J connectivity index is 1.73. The lowest BCUT2D eigenvalue weighted by Crippen LogP contribution is -2.40. The summed E-state index contributed by atoms with van der Waals surface area (Å²) in [5.41, 5.74) is 0.599. The van der Waals surface area contributed by atoms with Crippen molar-refractivity contribution in [2.24, 2.45) is 5.92 Å². The van der Waals surface area contributed by atoms with Gasteiger partial charge in [0.1, 0.15) is 0 Å². The van der Waals surface area contributed by atoms with Crippen LogP contribution in [0, 0.1) is 5.92 Å². The summed E-state index contributed by atoms with van der Waals surface area (Å²) in [6.07, 6.45) is 7.43. The Labute approximate surface area is 106 Å². The van der Waals surface area contributed by atoms with Gasteiger partial charge in [-0.3, -0.25) is 4.79 Å². The smallest absolute Gasteiger partial charge is 0.316 e. The number of fused-ring (bicyclic) bond motifs is 2. The second-order valence-electron chi connectivity index (χ2n) is 5.13. The maximum Gasteiger partial charge on any atom is 0.316 e. The molecule has 2 unspecified atom stereocenters. The van der Waals surface area contributed by atoms with Crippen LogP contribution in [0.25, 0.3) is 0 Å². The van der Waals surface area contributed by atoms with E-state index in [0.29, 0.717) is 23.7 Å². The standard InChI is InChI=1S/C13H17N3O2/c1-18-13-14-6-9(7-15-13)12(17)8-4-10-2-3-11(5-8)16-10/h6-8,10-11,16H,2-5H2,1H3. The number of hydrogen-bond donors (Lipinski definition) is 1. The van der Waals surface area contributed by atoms with E-state index in [2.05, 4.69) is 15.3 Å². The Kier molecular flexibility index (Phi) is 2.99. The Morgan fingerprint density at radius 1 is 1.28 bits per heavy atom. The molecule has 1 aromatic rings. The Hall–Kier alpha value is -1.49. The van der Waals surface area contributed by atoms with Crippen LogP contribution < -0.4 is 10.1 Å². The van der Waals surface area contributed by atoms with E-state index in [9.17, 15) is 4.79 Å². The Bertz CT molecular complexity index is 434. The minimum absolute atomic E-state index is 0.126. The molecule has 2 atom stereocenters. The highest BCUT2D eigenvalue weighted by Gasteiger charge is 2.36. The van der Waals surface area contributed by atoms with Gasteiger partial charge in [0.05, 0.1) is 12.7 Å². The van der Waals surface area contributed by atoms with Crippen LogP contribution in [-0.2, 0) is 0 Å². The molecule has 2 aliphatic rings. The summed E-state index contributed by atoms with van der Waals surface area (Å²) < 4.78 is 4.89. The van der Waals surface area contributed by atoms with Crippen molar-refractivity contribution in [3.05, 3.63) is 18.0 Å². The molecule has 0 saturated carbocycles. The summed E-state index contributed by atoms with van der Waals surface area (Å²) >= 11 is 0. The van der Waals surface area contributed by atoms with Gasteiger partial charge in [0, 0.05) is 30.4 Å². The van der Waals surface area contributed by atoms with Gasteiger partial charge in [0.2, 0.25) is 0 Å². The number of ether oxygens (including phenoxy) is 1. The molecule has 5 heteroatoms. The van der Waals surface area contributed by atoms with Crippen molar-refractivity contribution in [3.8, 4) is 6.01 Å². The number of nitrogens with zero attached hydrogens (tertiary/aromatic N) is 2. The Morgan fingerprint density at radius 3 is 2.44 bits per heavy atom. The average molecular weight is 247 g/mol. The largest absolute Gasteiger partial charge is 0.467 e. The number of carbonyl (C=O) groups is 1. The fourth-order valence-corrected chi connectivity index (χ4v) is 3.06. The summed E-state index contributed by atoms with van der Waals surface area (Å²) in [7, 11) is 1.52. The van der Waals surface area contributed by atoms with E-state index in [0.717, 1.165) is 12.8 Å². The van der Waals surface area contributed by atoms with Crippen LogP contribution >= 0.6 is 0 Å². The number of rotatable bonds is 3. The second-order valence-corrected chi connectivity index (χ2v) is 5.13. The van der Waals surface area contributed by atoms with Gasteiger partial charge in [-0.2, -0.15) is 0 Å². The molecule has 0 aromatic carbocycles. The van der Waals surface area contributed by atoms with E-state index in [-0.39, 0.29) is 11.7 Å². The number of carbonyl (C=O) groups excluding carboxylic acids is 1. The minimum Gasteiger partial charge on any atom is -0.467 e. The van der Waals surface area contributed by atoms with E-state index in [1.807, 2.05) is 0 Å². The molecule has 1 N–H and O–H groups in total. The topological polar surface area (TPSA) is 64.1 Å². The van der Waals surface area contributed by atoms with Crippen LogP contribution in [0.2, 0.25) is 0 Å². The molecular formula is C13H17N3O2. The van der Waals surface area contributed by atoms with Crippen LogP contribution in [0.15, 0.2) is 12.4 Å². The van der Waals surface area contributed by atoms with E-state index in [4.69, 9.17) is 4.74 Å². The number of piperidine rings is 1. The Morgan fingerprint density at radius 2 is 1.89 bits per heavy atom. The molecule has 3 heterocycles. The third kappa shape index (κ3) is 2.10. The predicted octanol–water partition coefficient (Wildman–Crippen LogP) is 1.20. The molecule has 2 saturated heterocycles. The molecule has 0 amide bonds. The van der Waals surface area contributed by atoms with Crippen LogP contribution in [-0.4, -0.2) is 34.9 Å². The lowest BCUT2D eigenvalue weighted by molar-refractivity contribution is 0.0874. The fourth-order valence-electron chi connectivity index (χ4n) is 3.06. The van der Waals surface area contributed by atoms with E-state index in [1.54, 1.807) is 12.4 Å². The number of Topliss-reactive ketones (excluding diaryl/α,β-unsaturated/α-hetero) is 1. The zero-order valence-corrected chi connectivity index (χ0v) is 10.4. The van der Waals surface area contributed by atoms with Gasteiger partial charge < -0.3 is 10.1 Å². The molecule has 0 spiro atoms. The summed E-state index contributed by atoms with van der Waals surface area (Å²) in [6, 6.07) is 1.35. The summed E-state index contributed by atoms with van der Waals surface area (Å²) in [4.78, 5) is 20.4. The van der Waals surface area contributed by atoms with Crippen molar-refractivity contribution in [3.63, 3.8) is 0 Å². The number of methoxy groups -OCH3 is 1. The quantitative estimate of drug-likeness (QED) is 0.813. The first-order chi connectivity index (χ1) is 8.76. The van der Waals surface area contributed by atoms with Crippen molar-refractivity contribution in [1.29, 1.82) is 0 Å². The lowest BCUT2D eigenvalue weighted by Gasteiger charge is -2.27. The van der Waals surface area contributed by atoms with Gasteiger partial charge in [-0.05, 0) is 25.7 Å². The molecule has 0 radical (unpaired) electrons. The fraction of sp³-hybridized carbons (Fsp3) is 0.615. The zero-order valence-electron chi connectivity index (χ0n) is 10.4. The summed E-state index contributed by atoms with van der Waals surface area (Å²) in [6.45, 7) is 0. The third-order valence-corrected chi connectivity index (χ3v) is 3.94. The van der Waals surface area contributed by atoms with Gasteiger partial charge in [-0.15, -0.1) is 0 Å². The van der Waals surface area contributed by atoms with Gasteiger partial charge in [0.15, 0.2) is 5.78 Å². The van der Waals surface area contributed by atoms with Crippen LogP contribution in [0.5, 0.6) is 6.01 Å². The third-order valence-electron chi connectivity index (χ3n) is 3.94. The van der Waals surface area contributed by atoms with Crippen molar-refractivity contribution in [2.45, 2.75) is 37.8 Å². The molecule has 1 aromatic heterocycles. The molecular weight excluding hydrogens is 230 g/mol. The van der Waals surface area contributed by atoms with Crippen molar-refractivity contribution in [2.75, 3.05) is 7.11 Å². The van der Waals surface area contributed by atoms with Crippen molar-refractivity contribution < 1.29 is 9.53 Å². The number of nitrogens with one attached hydrogen (secondary N) is 1. The molecule has 2 fully saturated rings. The highest BCUT2D eigenvalue weighted by atomic mass is 16.5. The average Bonchev–Trinajstić information content (AvgIpc) is 2.77. The normalized spacial score (nSPS) is 30.2. The maximum absolute atomic E-state index is 12.4. The van der Waals surface area contributed by atoms with Crippen LogP contribution in [0.4, 0.5) is 0 Å². The first-order valence-corrected chi connectivity index (χ1v) is 6.42. The van der Waals surface area contributed by atoms with E-state index < -0.39 is 0 Å². The second kappa shape index (κ2) is 4.65. The molecule has 0 aliphatic carbocycles. The lowest BCUT2D eigenvalue weighted by atomic mass is 9.87. The summed E-state index contributed by atoms with van der Waals surface area (Å²) in [5.74, 6) is 0.303. The SMILES string of the molecule is COc1ncc(C(=O)C2CC3CCC(C2)N3)cn1. The first kappa shape index (κ1) is 11.6. The van der Waals surface area contributed by atoms with Crippen molar-refractivity contribution >= 4 is 5.78 Å². The molecule has 2 bridgehead atoms. The first-order valence-electron chi connectivity index (χ1n) is 6.42. The predicted molar refractivity (Wildman–Crippen MR) is 65.6 cm³/mol. The number of hydrogen-bond acceptors (Lipinski definition) is 5. The highest BCUT2D eigenvalue weighted by Crippen LogP contribution is 2.32. The van der Waals surface area contributed by atoms with Crippen LogP contribution in [0.3, 0.4) is 0 Å². The number of ketones is 1. The minimum atomic E-state index is 0.126. The number of aromatic nitrogens is 2. The van der Waals surface area contributed by atoms with E-state index in [1.165, 1.54) is 20.0 Å². The maximum atomic E-state index is 12.4.